The van der Waals surface area contributed by atoms with Crippen molar-refractivity contribution in [1.29, 1.82) is 0 Å². The summed E-state index contributed by atoms with van der Waals surface area (Å²) in [4.78, 5) is 11.2. The maximum Gasteiger partial charge on any atom is 0.311 e. The van der Waals surface area contributed by atoms with Crippen LogP contribution in [0.15, 0.2) is 35.1 Å². The fraction of sp³-hybridized carbons (Fsp3) is 0.632. The van der Waals surface area contributed by atoms with E-state index >= 15 is 0 Å². The highest BCUT2D eigenvalue weighted by Gasteiger charge is 2.30. The van der Waals surface area contributed by atoms with E-state index in [1.165, 1.54) is 11.1 Å². The van der Waals surface area contributed by atoms with Gasteiger partial charge in [-0.2, -0.15) is 0 Å². The molecule has 2 heteroatoms. The first-order valence-corrected chi connectivity index (χ1v) is 7.90. The van der Waals surface area contributed by atoms with Gasteiger partial charge in [-0.15, -0.1) is 0 Å². The monoisotopic (exact) mass is 288 g/mol. The van der Waals surface area contributed by atoms with Gasteiger partial charge in [0.2, 0.25) is 0 Å². The second-order valence-corrected chi connectivity index (χ2v) is 8.35. The number of carbonyl (C=O) groups is 1. The first-order valence-electron chi connectivity index (χ1n) is 7.90. The molecule has 0 saturated carbocycles. The van der Waals surface area contributed by atoms with E-state index in [9.17, 15) is 4.79 Å². The van der Waals surface area contributed by atoms with Crippen molar-refractivity contribution in [2.45, 2.75) is 60.8 Å². The van der Waals surface area contributed by atoms with Crippen molar-refractivity contribution in [3.05, 3.63) is 35.1 Å². The molecule has 21 heavy (non-hydrogen) atoms. The van der Waals surface area contributed by atoms with Gasteiger partial charge < -0.3 is 4.74 Å². The molecule has 1 aliphatic heterocycles. The highest BCUT2D eigenvalue weighted by Crippen LogP contribution is 2.42. The summed E-state index contributed by atoms with van der Waals surface area (Å²) >= 11 is 0. The van der Waals surface area contributed by atoms with Crippen LogP contribution in [0.3, 0.4) is 0 Å². The minimum absolute atomic E-state index is 0.106. The molecular formula is C19H28O2. The van der Waals surface area contributed by atoms with Crippen LogP contribution in [0, 0.1) is 16.7 Å². The van der Waals surface area contributed by atoms with Crippen LogP contribution < -0.4 is 0 Å². The van der Waals surface area contributed by atoms with E-state index in [1.807, 2.05) is 0 Å². The van der Waals surface area contributed by atoms with E-state index in [4.69, 9.17) is 4.74 Å². The molecule has 1 fully saturated rings. The Bertz CT molecular complexity index is 519. The summed E-state index contributed by atoms with van der Waals surface area (Å²) in [6.45, 7) is 13.7. The average molecular weight is 288 g/mol. The van der Waals surface area contributed by atoms with Gasteiger partial charge in [-0.1, -0.05) is 59.3 Å². The van der Waals surface area contributed by atoms with Crippen LogP contribution in [0.4, 0.5) is 0 Å². The van der Waals surface area contributed by atoms with Gasteiger partial charge in [0, 0.05) is 6.42 Å². The Morgan fingerprint density at radius 2 is 1.81 bits per heavy atom. The summed E-state index contributed by atoms with van der Waals surface area (Å²) in [6.07, 6.45) is 9.02. The van der Waals surface area contributed by atoms with E-state index < -0.39 is 0 Å². The molecule has 1 heterocycles. The zero-order valence-electron chi connectivity index (χ0n) is 14.2. The molecule has 0 spiro atoms. The second-order valence-electron chi connectivity index (χ2n) is 8.35. The Morgan fingerprint density at radius 1 is 1.14 bits per heavy atom. The highest BCUT2D eigenvalue weighted by molar-refractivity contribution is 5.73. The number of hydrogen-bond donors (Lipinski definition) is 0. The van der Waals surface area contributed by atoms with Crippen LogP contribution in [0.2, 0.25) is 0 Å². The Balaban J connectivity index is 2.33. The van der Waals surface area contributed by atoms with Crippen LogP contribution in [-0.2, 0) is 9.53 Å². The SMILES string of the molecule is CC(C)(C)C1=CC(C=C2CCC(=O)O2)=CC(C(C)(C)C)C1. The van der Waals surface area contributed by atoms with Crippen molar-refractivity contribution in [2.75, 3.05) is 0 Å². The number of hydrogen-bond acceptors (Lipinski definition) is 2. The quantitative estimate of drug-likeness (QED) is 0.622. The van der Waals surface area contributed by atoms with Gasteiger partial charge in [-0.25, -0.2) is 0 Å². The summed E-state index contributed by atoms with van der Waals surface area (Å²) in [5.41, 5.74) is 3.08. The molecular weight excluding hydrogens is 260 g/mol. The van der Waals surface area contributed by atoms with Crippen molar-refractivity contribution in [3.8, 4) is 0 Å². The van der Waals surface area contributed by atoms with Crippen molar-refractivity contribution < 1.29 is 9.53 Å². The van der Waals surface area contributed by atoms with E-state index in [2.05, 4.69) is 59.8 Å². The Morgan fingerprint density at radius 3 is 2.29 bits per heavy atom. The molecule has 1 saturated heterocycles. The van der Waals surface area contributed by atoms with E-state index in [0.717, 1.165) is 18.6 Å². The summed E-state index contributed by atoms with van der Waals surface area (Å²) < 4.78 is 5.26. The van der Waals surface area contributed by atoms with Crippen molar-refractivity contribution >= 4 is 5.97 Å². The second kappa shape index (κ2) is 5.47. The van der Waals surface area contributed by atoms with Gasteiger partial charge in [-0.05, 0) is 34.8 Å². The van der Waals surface area contributed by atoms with E-state index in [-0.39, 0.29) is 16.8 Å². The van der Waals surface area contributed by atoms with Gasteiger partial charge in [-0.3, -0.25) is 4.79 Å². The molecule has 0 aromatic rings. The number of rotatable bonds is 1. The smallest absolute Gasteiger partial charge is 0.311 e. The number of esters is 1. The molecule has 0 N–H and O–H groups in total. The summed E-state index contributed by atoms with van der Waals surface area (Å²) in [5, 5.41) is 0. The molecule has 1 aliphatic carbocycles. The highest BCUT2D eigenvalue weighted by atomic mass is 16.5. The van der Waals surface area contributed by atoms with Gasteiger partial charge in [0.1, 0.15) is 5.76 Å². The summed E-state index contributed by atoms with van der Waals surface area (Å²) in [7, 11) is 0. The lowest BCUT2D eigenvalue weighted by Gasteiger charge is -2.36. The maximum absolute atomic E-state index is 11.2. The lowest BCUT2D eigenvalue weighted by Crippen LogP contribution is -2.25. The van der Waals surface area contributed by atoms with Gasteiger partial charge in [0.15, 0.2) is 0 Å². The number of cyclic esters (lactones) is 1. The standard InChI is InChI=1S/C19H28O2/c1-18(2,3)14-9-13(10-15(12-14)19(4,5)6)11-16-7-8-17(20)21-16/h9-11,14H,7-8,12H2,1-6H3. The minimum atomic E-state index is -0.106. The number of allylic oxidation sites excluding steroid dienone is 6. The molecule has 2 nitrogen and oxygen atoms in total. The Labute approximate surface area is 129 Å². The molecule has 1 unspecified atom stereocenters. The zero-order chi connectivity index (χ0) is 15.8. The van der Waals surface area contributed by atoms with Crippen molar-refractivity contribution in [3.63, 3.8) is 0 Å². The molecule has 0 bridgehead atoms. The van der Waals surface area contributed by atoms with Crippen LogP contribution >= 0.6 is 0 Å². The van der Waals surface area contributed by atoms with E-state index in [0.29, 0.717) is 12.3 Å². The minimum Gasteiger partial charge on any atom is -0.431 e. The Kier molecular flexibility index (Phi) is 4.19. The number of carbonyl (C=O) groups excluding carboxylic acids is 1. The molecule has 116 valence electrons. The molecule has 0 radical (unpaired) electrons. The van der Waals surface area contributed by atoms with Crippen molar-refractivity contribution in [2.24, 2.45) is 16.7 Å². The predicted molar refractivity (Wildman–Crippen MR) is 86.6 cm³/mol. The molecule has 2 aliphatic rings. The molecule has 1 atom stereocenters. The maximum atomic E-state index is 11.2. The lowest BCUT2D eigenvalue weighted by atomic mass is 9.69. The summed E-state index contributed by atoms with van der Waals surface area (Å²) in [6, 6.07) is 0. The summed E-state index contributed by atoms with van der Waals surface area (Å²) in [5.74, 6) is 1.22. The normalized spacial score (nSPS) is 25.7. The van der Waals surface area contributed by atoms with Gasteiger partial charge in [0.25, 0.3) is 0 Å². The zero-order valence-corrected chi connectivity index (χ0v) is 14.2. The predicted octanol–water partition coefficient (Wildman–Crippen LogP) is 5.17. The lowest BCUT2D eigenvalue weighted by molar-refractivity contribution is -0.135. The van der Waals surface area contributed by atoms with Crippen LogP contribution in [0.5, 0.6) is 0 Å². The first kappa shape index (κ1) is 16.1. The Hall–Kier alpha value is -1.31. The van der Waals surface area contributed by atoms with Crippen LogP contribution in [0.25, 0.3) is 0 Å². The topological polar surface area (TPSA) is 26.3 Å². The van der Waals surface area contributed by atoms with Gasteiger partial charge in [0.05, 0.1) is 6.42 Å². The van der Waals surface area contributed by atoms with E-state index in [1.54, 1.807) is 0 Å². The number of ether oxygens (including phenoxy) is 1. The first-order chi connectivity index (χ1) is 9.55. The average Bonchev–Trinajstić information content (AvgIpc) is 2.72. The molecule has 0 aromatic heterocycles. The van der Waals surface area contributed by atoms with Gasteiger partial charge >= 0.3 is 5.97 Å². The molecule has 0 amide bonds. The third kappa shape index (κ3) is 4.09. The fourth-order valence-corrected chi connectivity index (χ4v) is 2.77. The molecule has 0 aromatic carbocycles. The van der Waals surface area contributed by atoms with Crippen LogP contribution in [-0.4, -0.2) is 5.97 Å². The fourth-order valence-electron chi connectivity index (χ4n) is 2.77. The molecule has 2 rings (SSSR count). The third-order valence-electron chi connectivity index (χ3n) is 4.40. The third-order valence-corrected chi connectivity index (χ3v) is 4.40. The largest absolute Gasteiger partial charge is 0.431 e. The van der Waals surface area contributed by atoms with Crippen LogP contribution in [0.1, 0.15) is 60.8 Å². The van der Waals surface area contributed by atoms with Crippen molar-refractivity contribution in [1.82, 2.24) is 0 Å².